The molecule has 2 aromatic carbocycles. The molecule has 1 N–H and O–H groups in total. The lowest BCUT2D eigenvalue weighted by Gasteiger charge is -2.08. The van der Waals surface area contributed by atoms with E-state index in [4.69, 9.17) is 0 Å². The molecule has 3 aromatic rings. The number of nitrogens with zero attached hydrogens (tertiary/aromatic N) is 1. The highest BCUT2D eigenvalue weighted by Gasteiger charge is 2.06. The Labute approximate surface area is 123 Å². The van der Waals surface area contributed by atoms with Gasteiger partial charge in [0.05, 0.1) is 11.2 Å². The minimum absolute atomic E-state index is 0.180. The van der Waals surface area contributed by atoms with E-state index < -0.39 is 0 Å². The number of rotatable bonds is 4. The Morgan fingerprint density at radius 3 is 2.76 bits per heavy atom. The highest BCUT2D eigenvalue weighted by Crippen LogP contribution is 2.23. The van der Waals surface area contributed by atoms with Crippen LogP contribution in [0.15, 0.2) is 54.6 Å². The lowest BCUT2D eigenvalue weighted by Crippen LogP contribution is -2.13. The second kappa shape index (κ2) is 6.02. The number of nitrogens with one attached hydrogen (secondary N) is 1. The van der Waals surface area contributed by atoms with Gasteiger partial charge in [-0.05, 0) is 36.9 Å². The van der Waals surface area contributed by atoms with Crippen molar-refractivity contribution in [2.24, 2.45) is 0 Å². The van der Waals surface area contributed by atoms with Crippen LogP contribution in [0.1, 0.15) is 12.5 Å². The number of hydrogen-bond acceptors (Lipinski definition) is 2. The molecule has 0 aliphatic rings. The number of pyridine rings is 1. The maximum Gasteiger partial charge on any atom is 0.127 e. The third kappa shape index (κ3) is 2.93. The first kappa shape index (κ1) is 13.7. The lowest BCUT2D eigenvalue weighted by molar-refractivity contribution is 0.593. The van der Waals surface area contributed by atoms with Crippen molar-refractivity contribution in [1.82, 2.24) is 10.3 Å². The summed E-state index contributed by atoms with van der Waals surface area (Å²) in [7, 11) is 0. The molecule has 3 rings (SSSR count). The summed E-state index contributed by atoms with van der Waals surface area (Å²) in [6.45, 7) is 3.36. The van der Waals surface area contributed by atoms with Crippen molar-refractivity contribution in [3.63, 3.8) is 0 Å². The van der Waals surface area contributed by atoms with Crippen molar-refractivity contribution in [3.8, 4) is 11.3 Å². The first-order valence-electron chi connectivity index (χ1n) is 7.13. The topological polar surface area (TPSA) is 24.9 Å². The minimum Gasteiger partial charge on any atom is -0.313 e. The molecule has 0 bridgehead atoms. The summed E-state index contributed by atoms with van der Waals surface area (Å²) in [5.74, 6) is -0.180. The molecule has 0 fully saturated rings. The predicted octanol–water partition coefficient (Wildman–Crippen LogP) is 4.15. The van der Waals surface area contributed by atoms with Gasteiger partial charge in [0.15, 0.2) is 0 Å². The first-order chi connectivity index (χ1) is 10.3. The molecule has 106 valence electrons. The molecule has 1 heterocycles. The van der Waals surface area contributed by atoms with Crippen molar-refractivity contribution in [2.45, 2.75) is 13.5 Å². The molecule has 0 spiro atoms. The van der Waals surface area contributed by atoms with Crippen molar-refractivity contribution in [1.29, 1.82) is 0 Å². The third-order valence-electron chi connectivity index (χ3n) is 3.51. The van der Waals surface area contributed by atoms with Crippen LogP contribution in [-0.4, -0.2) is 11.5 Å². The van der Waals surface area contributed by atoms with Crippen molar-refractivity contribution < 1.29 is 4.39 Å². The van der Waals surface area contributed by atoms with E-state index in [-0.39, 0.29) is 5.82 Å². The molecular formula is C18H17FN2. The van der Waals surface area contributed by atoms with Crippen LogP contribution in [0.5, 0.6) is 0 Å². The highest BCUT2D eigenvalue weighted by atomic mass is 19.1. The van der Waals surface area contributed by atoms with Crippen LogP contribution in [0.2, 0.25) is 0 Å². The second-order valence-electron chi connectivity index (χ2n) is 4.98. The average Bonchev–Trinajstić information content (AvgIpc) is 2.53. The molecule has 3 heteroatoms. The van der Waals surface area contributed by atoms with Gasteiger partial charge in [-0.15, -0.1) is 0 Å². The van der Waals surface area contributed by atoms with Crippen LogP contribution >= 0.6 is 0 Å². The fourth-order valence-electron chi connectivity index (χ4n) is 2.36. The summed E-state index contributed by atoms with van der Waals surface area (Å²) in [6, 6.07) is 17.2. The monoisotopic (exact) mass is 280 g/mol. The Morgan fingerprint density at radius 1 is 1.05 bits per heavy atom. The highest BCUT2D eigenvalue weighted by molar-refractivity contribution is 5.81. The zero-order chi connectivity index (χ0) is 14.7. The number of aromatic nitrogens is 1. The smallest absolute Gasteiger partial charge is 0.127 e. The Balaban J connectivity index is 2.01. The van der Waals surface area contributed by atoms with Gasteiger partial charge >= 0.3 is 0 Å². The Morgan fingerprint density at radius 2 is 1.90 bits per heavy atom. The molecule has 0 saturated carbocycles. The fourth-order valence-corrected chi connectivity index (χ4v) is 2.36. The fraction of sp³-hybridized carbons (Fsp3) is 0.167. The van der Waals surface area contributed by atoms with Crippen molar-refractivity contribution >= 4 is 10.9 Å². The summed E-state index contributed by atoms with van der Waals surface area (Å²) in [4.78, 5) is 4.65. The molecule has 2 nitrogen and oxygen atoms in total. The van der Waals surface area contributed by atoms with Crippen LogP contribution in [0, 0.1) is 5.82 Å². The van der Waals surface area contributed by atoms with Gasteiger partial charge in [-0.2, -0.15) is 0 Å². The van der Waals surface area contributed by atoms with Crippen LogP contribution in [0.25, 0.3) is 22.2 Å². The van der Waals surface area contributed by atoms with Gasteiger partial charge in [0.2, 0.25) is 0 Å². The molecule has 0 saturated heterocycles. The Bertz CT molecular complexity index is 768. The summed E-state index contributed by atoms with van der Waals surface area (Å²) in [5, 5.41) is 4.26. The van der Waals surface area contributed by atoms with E-state index in [2.05, 4.69) is 10.3 Å². The summed E-state index contributed by atoms with van der Waals surface area (Å²) < 4.78 is 13.8. The van der Waals surface area contributed by atoms with E-state index in [1.165, 1.54) is 6.07 Å². The van der Waals surface area contributed by atoms with Crippen LogP contribution in [0.4, 0.5) is 4.39 Å². The molecule has 0 aliphatic heterocycles. The SMILES string of the molecule is CCNCc1cc(-c2ccc3ccccc3n2)ccc1F. The van der Waals surface area contributed by atoms with Gasteiger partial charge in [0, 0.05) is 23.1 Å². The summed E-state index contributed by atoms with van der Waals surface area (Å²) in [5.41, 5.74) is 3.43. The molecule has 0 unspecified atom stereocenters. The molecule has 1 aromatic heterocycles. The summed E-state index contributed by atoms with van der Waals surface area (Å²) >= 11 is 0. The summed E-state index contributed by atoms with van der Waals surface area (Å²) in [6.07, 6.45) is 0. The van der Waals surface area contributed by atoms with E-state index in [9.17, 15) is 4.39 Å². The van der Waals surface area contributed by atoms with E-state index in [1.54, 1.807) is 6.07 Å². The van der Waals surface area contributed by atoms with Gasteiger partial charge in [0.1, 0.15) is 5.82 Å². The molecule has 0 radical (unpaired) electrons. The van der Waals surface area contributed by atoms with Crippen LogP contribution in [0.3, 0.4) is 0 Å². The third-order valence-corrected chi connectivity index (χ3v) is 3.51. The number of para-hydroxylation sites is 1. The van der Waals surface area contributed by atoms with Gasteiger partial charge in [-0.25, -0.2) is 9.37 Å². The molecule has 0 aliphatic carbocycles. The van der Waals surface area contributed by atoms with E-state index >= 15 is 0 Å². The second-order valence-corrected chi connectivity index (χ2v) is 4.98. The average molecular weight is 280 g/mol. The first-order valence-corrected chi connectivity index (χ1v) is 7.13. The van der Waals surface area contributed by atoms with Crippen LogP contribution in [-0.2, 0) is 6.54 Å². The Hall–Kier alpha value is -2.26. The van der Waals surface area contributed by atoms with E-state index in [0.717, 1.165) is 28.7 Å². The van der Waals surface area contributed by atoms with Crippen LogP contribution < -0.4 is 5.32 Å². The maximum atomic E-state index is 13.8. The number of halogens is 1. The predicted molar refractivity (Wildman–Crippen MR) is 84.5 cm³/mol. The molecular weight excluding hydrogens is 263 g/mol. The number of benzene rings is 2. The van der Waals surface area contributed by atoms with Crippen molar-refractivity contribution in [2.75, 3.05) is 6.54 Å². The van der Waals surface area contributed by atoms with E-state index in [0.29, 0.717) is 12.1 Å². The van der Waals surface area contributed by atoms with Crippen molar-refractivity contribution in [3.05, 3.63) is 66.0 Å². The van der Waals surface area contributed by atoms with Gasteiger partial charge < -0.3 is 5.32 Å². The standard InChI is InChI=1S/C18H17FN2/c1-2-20-12-15-11-14(7-9-16(15)19)18-10-8-13-5-3-4-6-17(13)21-18/h3-11,20H,2,12H2,1H3. The van der Waals surface area contributed by atoms with Gasteiger partial charge in [0.25, 0.3) is 0 Å². The lowest BCUT2D eigenvalue weighted by atomic mass is 10.1. The Kier molecular flexibility index (Phi) is 3.93. The number of hydrogen-bond donors (Lipinski definition) is 1. The molecule has 0 amide bonds. The van der Waals surface area contributed by atoms with Gasteiger partial charge in [-0.3, -0.25) is 0 Å². The minimum atomic E-state index is -0.180. The zero-order valence-corrected chi connectivity index (χ0v) is 11.9. The maximum absolute atomic E-state index is 13.8. The molecule has 0 atom stereocenters. The van der Waals surface area contributed by atoms with E-state index in [1.807, 2.05) is 49.4 Å². The van der Waals surface area contributed by atoms with Gasteiger partial charge in [-0.1, -0.05) is 31.2 Å². The quantitative estimate of drug-likeness (QED) is 0.776. The number of fused-ring (bicyclic) bond motifs is 1. The largest absolute Gasteiger partial charge is 0.313 e. The normalized spacial score (nSPS) is 11.0. The molecule has 21 heavy (non-hydrogen) atoms. The zero-order valence-electron chi connectivity index (χ0n) is 11.9.